The van der Waals surface area contributed by atoms with Gasteiger partial charge in [0.25, 0.3) is 5.91 Å². The molecule has 1 rings (SSSR count). The van der Waals surface area contributed by atoms with Crippen LogP contribution in [0.15, 0.2) is 31.1 Å². The molecule has 0 saturated carbocycles. The normalized spacial score (nSPS) is 11.9. The molecular formula is C10H11IN2O. The van der Waals surface area contributed by atoms with Gasteiger partial charge in [-0.05, 0) is 35.6 Å². The van der Waals surface area contributed by atoms with Crippen LogP contribution in [0, 0.1) is 3.57 Å². The lowest BCUT2D eigenvalue weighted by atomic mass is 10.2. The number of pyridine rings is 1. The van der Waals surface area contributed by atoms with Crippen LogP contribution >= 0.6 is 22.6 Å². The average Bonchev–Trinajstić information content (AvgIpc) is 2.18. The highest BCUT2D eigenvalue weighted by Crippen LogP contribution is 2.09. The molecule has 1 aromatic rings. The molecule has 0 fully saturated rings. The summed E-state index contributed by atoms with van der Waals surface area (Å²) in [6, 6.07) is 1.68. The molecule has 0 aromatic carbocycles. The number of halogens is 1. The quantitative estimate of drug-likeness (QED) is 0.685. The van der Waals surface area contributed by atoms with E-state index in [9.17, 15) is 4.79 Å². The molecule has 0 saturated heterocycles. The summed E-state index contributed by atoms with van der Waals surface area (Å²) in [6.07, 6.45) is 4.95. The van der Waals surface area contributed by atoms with Crippen molar-refractivity contribution in [3.05, 3.63) is 40.2 Å². The molecule has 0 spiro atoms. The van der Waals surface area contributed by atoms with Crippen LogP contribution in [0.3, 0.4) is 0 Å². The Hall–Kier alpha value is -0.910. The first-order valence-electron chi connectivity index (χ1n) is 4.18. The van der Waals surface area contributed by atoms with E-state index in [1.165, 1.54) is 0 Å². The molecule has 4 heteroatoms. The van der Waals surface area contributed by atoms with Gasteiger partial charge in [0.05, 0.1) is 5.56 Å². The van der Waals surface area contributed by atoms with Crippen LogP contribution in [0.2, 0.25) is 0 Å². The third-order valence-electron chi connectivity index (χ3n) is 1.73. The SMILES string of the molecule is C=C[C@H](C)NC(=O)c1ccncc1I. The molecule has 0 aliphatic carbocycles. The Morgan fingerprint density at radius 1 is 1.79 bits per heavy atom. The Morgan fingerprint density at radius 3 is 3.07 bits per heavy atom. The van der Waals surface area contributed by atoms with E-state index >= 15 is 0 Å². The second-order valence-electron chi connectivity index (χ2n) is 2.85. The number of rotatable bonds is 3. The first-order valence-corrected chi connectivity index (χ1v) is 5.26. The number of nitrogens with zero attached hydrogens (tertiary/aromatic N) is 1. The van der Waals surface area contributed by atoms with Crippen molar-refractivity contribution in [2.75, 3.05) is 0 Å². The summed E-state index contributed by atoms with van der Waals surface area (Å²) < 4.78 is 0.846. The maximum Gasteiger partial charge on any atom is 0.252 e. The summed E-state index contributed by atoms with van der Waals surface area (Å²) in [5.41, 5.74) is 0.648. The van der Waals surface area contributed by atoms with E-state index in [0.717, 1.165) is 3.57 Å². The molecule has 1 N–H and O–H groups in total. The Labute approximate surface area is 96.8 Å². The van der Waals surface area contributed by atoms with E-state index in [1.54, 1.807) is 24.5 Å². The van der Waals surface area contributed by atoms with E-state index in [-0.39, 0.29) is 11.9 Å². The Kier molecular flexibility index (Phi) is 4.06. The molecule has 1 atom stereocenters. The highest BCUT2D eigenvalue weighted by Gasteiger charge is 2.10. The first-order chi connectivity index (χ1) is 6.65. The summed E-state index contributed by atoms with van der Waals surface area (Å²) in [7, 11) is 0. The van der Waals surface area contributed by atoms with Crippen molar-refractivity contribution in [3.8, 4) is 0 Å². The maximum atomic E-state index is 11.6. The van der Waals surface area contributed by atoms with Crippen molar-refractivity contribution < 1.29 is 4.79 Å². The van der Waals surface area contributed by atoms with Crippen LogP contribution < -0.4 is 5.32 Å². The largest absolute Gasteiger partial charge is 0.346 e. The Bertz CT molecular complexity index is 352. The second-order valence-corrected chi connectivity index (χ2v) is 4.02. The number of amides is 1. The third-order valence-corrected chi connectivity index (χ3v) is 2.59. The van der Waals surface area contributed by atoms with Gasteiger partial charge >= 0.3 is 0 Å². The molecule has 74 valence electrons. The van der Waals surface area contributed by atoms with Crippen molar-refractivity contribution in [2.24, 2.45) is 0 Å². The average molecular weight is 302 g/mol. The van der Waals surface area contributed by atoms with Crippen LogP contribution in [0.1, 0.15) is 17.3 Å². The van der Waals surface area contributed by atoms with E-state index < -0.39 is 0 Å². The van der Waals surface area contributed by atoms with Gasteiger partial charge < -0.3 is 5.32 Å². The van der Waals surface area contributed by atoms with E-state index in [4.69, 9.17) is 0 Å². The van der Waals surface area contributed by atoms with Crippen LogP contribution in [0.25, 0.3) is 0 Å². The van der Waals surface area contributed by atoms with Crippen LogP contribution in [0.5, 0.6) is 0 Å². The number of carbonyl (C=O) groups excluding carboxylic acids is 1. The minimum atomic E-state index is -0.0933. The fourth-order valence-corrected chi connectivity index (χ4v) is 1.49. The van der Waals surface area contributed by atoms with Gasteiger partial charge in [-0.2, -0.15) is 0 Å². The van der Waals surface area contributed by atoms with Gasteiger partial charge in [0.2, 0.25) is 0 Å². The predicted octanol–water partition coefficient (Wildman–Crippen LogP) is 1.99. The fourth-order valence-electron chi connectivity index (χ4n) is 0.903. The number of aromatic nitrogens is 1. The molecule has 0 aliphatic rings. The van der Waals surface area contributed by atoms with Crippen LogP contribution in [-0.4, -0.2) is 16.9 Å². The topological polar surface area (TPSA) is 42.0 Å². The van der Waals surface area contributed by atoms with E-state index in [1.807, 2.05) is 6.92 Å². The Morgan fingerprint density at radius 2 is 2.50 bits per heavy atom. The standard InChI is InChI=1S/C10H11IN2O/c1-3-7(2)13-10(14)8-4-5-12-6-9(8)11/h3-7H,1H2,2H3,(H,13,14)/t7-/m0/s1. The van der Waals surface area contributed by atoms with Gasteiger partial charge in [0.1, 0.15) is 0 Å². The smallest absolute Gasteiger partial charge is 0.252 e. The Balaban J connectivity index is 2.80. The fraction of sp³-hybridized carbons (Fsp3) is 0.200. The molecule has 14 heavy (non-hydrogen) atoms. The summed E-state index contributed by atoms with van der Waals surface area (Å²) in [5.74, 6) is -0.0933. The van der Waals surface area contributed by atoms with Crippen molar-refractivity contribution in [1.29, 1.82) is 0 Å². The van der Waals surface area contributed by atoms with Crippen molar-refractivity contribution in [3.63, 3.8) is 0 Å². The van der Waals surface area contributed by atoms with Gasteiger partial charge in [0, 0.05) is 22.0 Å². The molecule has 0 bridgehead atoms. The molecule has 0 aliphatic heterocycles. The van der Waals surface area contributed by atoms with E-state index in [0.29, 0.717) is 5.56 Å². The van der Waals surface area contributed by atoms with E-state index in [2.05, 4.69) is 39.5 Å². The molecule has 3 nitrogen and oxygen atoms in total. The predicted molar refractivity (Wildman–Crippen MR) is 64.1 cm³/mol. The highest BCUT2D eigenvalue weighted by molar-refractivity contribution is 14.1. The minimum absolute atomic E-state index is 0.0218. The first kappa shape index (κ1) is 11.2. The highest BCUT2D eigenvalue weighted by atomic mass is 127. The zero-order valence-electron chi connectivity index (χ0n) is 7.83. The van der Waals surface area contributed by atoms with Gasteiger partial charge in [-0.15, -0.1) is 6.58 Å². The zero-order chi connectivity index (χ0) is 10.6. The molecule has 1 aromatic heterocycles. The lowest BCUT2D eigenvalue weighted by Gasteiger charge is -2.09. The van der Waals surface area contributed by atoms with Gasteiger partial charge in [-0.1, -0.05) is 6.08 Å². The summed E-state index contributed by atoms with van der Waals surface area (Å²) >= 11 is 2.09. The maximum absolute atomic E-state index is 11.6. The number of hydrogen-bond donors (Lipinski definition) is 1. The summed E-state index contributed by atoms with van der Waals surface area (Å²) in [5, 5.41) is 2.80. The number of hydrogen-bond acceptors (Lipinski definition) is 2. The van der Waals surface area contributed by atoms with Crippen molar-refractivity contribution >= 4 is 28.5 Å². The van der Waals surface area contributed by atoms with Gasteiger partial charge in [-0.25, -0.2) is 0 Å². The summed E-state index contributed by atoms with van der Waals surface area (Å²) in [4.78, 5) is 15.6. The van der Waals surface area contributed by atoms with Crippen molar-refractivity contribution in [1.82, 2.24) is 10.3 Å². The monoisotopic (exact) mass is 302 g/mol. The number of nitrogens with one attached hydrogen (secondary N) is 1. The lowest BCUT2D eigenvalue weighted by molar-refractivity contribution is 0.0946. The zero-order valence-corrected chi connectivity index (χ0v) is 9.98. The third kappa shape index (κ3) is 2.80. The van der Waals surface area contributed by atoms with Gasteiger partial charge in [0.15, 0.2) is 0 Å². The number of carbonyl (C=O) groups is 1. The van der Waals surface area contributed by atoms with Crippen molar-refractivity contribution in [2.45, 2.75) is 13.0 Å². The molecule has 1 heterocycles. The minimum Gasteiger partial charge on any atom is -0.346 e. The molecule has 0 unspecified atom stereocenters. The summed E-state index contributed by atoms with van der Waals surface area (Å²) in [6.45, 7) is 5.47. The second kappa shape index (κ2) is 5.09. The molecular weight excluding hydrogens is 291 g/mol. The van der Waals surface area contributed by atoms with Crippen LogP contribution in [-0.2, 0) is 0 Å². The lowest BCUT2D eigenvalue weighted by Crippen LogP contribution is -2.31. The molecule has 1 amide bonds. The van der Waals surface area contributed by atoms with Gasteiger partial charge in [-0.3, -0.25) is 9.78 Å². The van der Waals surface area contributed by atoms with Crippen LogP contribution in [0.4, 0.5) is 0 Å². The molecule has 0 radical (unpaired) electrons.